The van der Waals surface area contributed by atoms with Gasteiger partial charge in [0.1, 0.15) is 0 Å². The van der Waals surface area contributed by atoms with Crippen LogP contribution in [0.1, 0.15) is 26.2 Å². The molecule has 1 heterocycles. The summed E-state index contributed by atoms with van der Waals surface area (Å²) in [6.45, 7) is 7.62. The summed E-state index contributed by atoms with van der Waals surface area (Å²) >= 11 is 0. The molecule has 1 N–H and O–H groups in total. The van der Waals surface area contributed by atoms with E-state index >= 15 is 0 Å². The summed E-state index contributed by atoms with van der Waals surface area (Å²) in [6.07, 6.45) is 4.19. The Labute approximate surface area is 87.8 Å². The minimum Gasteiger partial charge on any atom is -0.377 e. The molecule has 14 heavy (non-hydrogen) atoms. The number of rotatable bonds is 7. The van der Waals surface area contributed by atoms with Gasteiger partial charge in [-0.05, 0) is 32.9 Å². The van der Waals surface area contributed by atoms with Crippen molar-refractivity contribution in [2.75, 3.05) is 39.8 Å². The lowest BCUT2D eigenvalue weighted by Gasteiger charge is -2.16. The van der Waals surface area contributed by atoms with Crippen LogP contribution >= 0.6 is 0 Å². The SMILES string of the molecule is CCCN(C)CCNCC1CCCO1. The first-order chi connectivity index (χ1) is 6.83. The summed E-state index contributed by atoms with van der Waals surface area (Å²) in [7, 11) is 2.18. The maximum Gasteiger partial charge on any atom is 0.0700 e. The molecule has 0 radical (unpaired) electrons. The van der Waals surface area contributed by atoms with Crippen LogP contribution in [0.25, 0.3) is 0 Å². The molecule has 0 aromatic rings. The topological polar surface area (TPSA) is 24.5 Å². The zero-order chi connectivity index (χ0) is 10.2. The fourth-order valence-corrected chi connectivity index (χ4v) is 1.83. The second-order valence-corrected chi connectivity index (χ2v) is 4.14. The van der Waals surface area contributed by atoms with Crippen molar-refractivity contribution >= 4 is 0 Å². The van der Waals surface area contributed by atoms with Crippen LogP contribution in [0.4, 0.5) is 0 Å². The van der Waals surface area contributed by atoms with E-state index in [1.165, 1.54) is 25.8 Å². The van der Waals surface area contributed by atoms with Crippen molar-refractivity contribution in [3.63, 3.8) is 0 Å². The normalized spacial score (nSPS) is 22.1. The number of ether oxygens (including phenoxy) is 1. The minimum atomic E-state index is 0.478. The smallest absolute Gasteiger partial charge is 0.0700 e. The second-order valence-electron chi connectivity index (χ2n) is 4.14. The van der Waals surface area contributed by atoms with Crippen molar-refractivity contribution in [1.82, 2.24) is 10.2 Å². The maximum absolute atomic E-state index is 5.53. The van der Waals surface area contributed by atoms with Crippen LogP contribution in [0.5, 0.6) is 0 Å². The Kier molecular flexibility index (Phi) is 6.15. The van der Waals surface area contributed by atoms with E-state index in [1.807, 2.05) is 0 Å². The Bertz CT molecular complexity index is 135. The number of hydrogen-bond donors (Lipinski definition) is 1. The summed E-state index contributed by atoms with van der Waals surface area (Å²) in [5.41, 5.74) is 0. The van der Waals surface area contributed by atoms with Crippen molar-refractivity contribution in [1.29, 1.82) is 0 Å². The molecule has 1 saturated heterocycles. The van der Waals surface area contributed by atoms with Gasteiger partial charge in [0, 0.05) is 26.2 Å². The van der Waals surface area contributed by atoms with E-state index in [9.17, 15) is 0 Å². The molecule has 0 aliphatic carbocycles. The number of likely N-dealkylation sites (N-methyl/N-ethyl adjacent to an activating group) is 1. The van der Waals surface area contributed by atoms with Crippen molar-refractivity contribution in [3.8, 4) is 0 Å². The zero-order valence-corrected chi connectivity index (χ0v) is 9.59. The van der Waals surface area contributed by atoms with E-state index in [4.69, 9.17) is 4.74 Å². The van der Waals surface area contributed by atoms with E-state index < -0.39 is 0 Å². The molecular formula is C11H24N2O. The fraction of sp³-hybridized carbons (Fsp3) is 1.00. The second kappa shape index (κ2) is 7.21. The lowest BCUT2D eigenvalue weighted by molar-refractivity contribution is 0.109. The predicted molar refractivity (Wildman–Crippen MR) is 59.6 cm³/mol. The van der Waals surface area contributed by atoms with Gasteiger partial charge in [-0.2, -0.15) is 0 Å². The van der Waals surface area contributed by atoms with Crippen molar-refractivity contribution in [2.45, 2.75) is 32.3 Å². The van der Waals surface area contributed by atoms with Crippen LogP contribution in [0.15, 0.2) is 0 Å². The van der Waals surface area contributed by atoms with E-state index in [1.54, 1.807) is 0 Å². The van der Waals surface area contributed by atoms with Crippen LogP contribution in [0.3, 0.4) is 0 Å². The van der Waals surface area contributed by atoms with Gasteiger partial charge in [0.15, 0.2) is 0 Å². The van der Waals surface area contributed by atoms with Crippen molar-refractivity contribution in [2.24, 2.45) is 0 Å². The number of nitrogens with one attached hydrogen (secondary N) is 1. The quantitative estimate of drug-likeness (QED) is 0.623. The third-order valence-corrected chi connectivity index (χ3v) is 2.67. The van der Waals surface area contributed by atoms with Crippen molar-refractivity contribution < 1.29 is 4.74 Å². The number of hydrogen-bond acceptors (Lipinski definition) is 3. The molecule has 1 unspecified atom stereocenters. The van der Waals surface area contributed by atoms with Crippen LogP contribution in [0.2, 0.25) is 0 Å². The maximum atomic E-state index is 5.53. The van der Waals surface area contributed by atoms with E-state index in [2.05, 4.69) is 24.2 Å². The van der Waals surface area contributed by atoms with Gasteiger partial charge in [-0.25, -0.2) is 0 Å². The lowest BCUT2D eigenvalue weighted by Crippen LogP contribution is -2.33. The Hall–Kier alpha value is -0.120. The zero-order valence-electron chi connectivity index (χ0n) is 9.59. The third-order valence-electron chi connectivity index (χ3n) is 2.67. The first kappa shape index (κ1) is 12.0. The highest BCUT2D eigenvalue weighted by atomic mass is 16.5. The molecule has 1 rings (SSSR count). The summed E-state index contributed by atoms with van der Waals surface area (Å²) in [5.74, 6) is 0. The summed E-state index contributed by atoms with van der Waals surface area (Å²) in [5, 5.41) is 3.45. The molecule has 0 amide bonds. The van der Waals surface area contributed by atoms with Gasteiger partial charge in [0.05, 0.1) is 6.10 Å². The highest BCUT2D eigenvalue weighted by Crippen LogP contribution is 2.10. The molecule has 0 aromatic heterocycles. The van der Waals surface area contributed by atoms with Gasteiger partial charge in [0.25, 0.3) is 0 Å². The lowest BCUT2D eigenvalue weighted by atomic mass is 10.2. The molecule has 1 atom stereocenters. The summed E-state index contributed by atoms with van der Waals surface area (Å²) in [6, 6.07) is 0. The largest absolute Gasteiger partial charge is 0.377 e. The van der Waals surface area contributed by atoms with E-state index in [-0.39, 0.29) is 0 Å². The molecule has 1 fully saturated rings. The monoisotopic (exact) mass is 200 g/mol. The fourth-order valence-electron chi connectivity index (χ4n) is 1.83. The Morgan fingerprint density at radius 1 is 1.43 bits per heavy atom. The van der Waals surface area contributed by atoms with Crippen molar-refractivity contribution in [3.05, 3.63) is 0 Å². The standard InChI is InChI=1S/C11H24N2O/c1-3-7-13(2)8-6-12-10-11-5-4-9-14-11/h11-12H,3-10H2,1-2H3. The highest BCUT2D eigenvalue weighted by Gasteiger charge is 2.14. The van der Waals surface area contributed by atoms with Crippen LogP contribution in [-0.4, -0.2) is 50.8 Å². The van der Waals surface area contributed by atoms with Crippen LogP contribution in [0, 0.1) is 0 Å². The molecule has 0 bridgehead atoms. The van der Waals surface area contributed by atoms with E-state index in [0.29, 0.717) is 6.10 Å². The van der Waals surface area contributed by atoms with Gasteiger partial charge >= 0.3 is 0 Å². The van der Waals surface area contributed by atoms with Gasteiger partial charge in [-0.15, -0.1) is 0 Å². The molecule has 3 heteroatoms. The third kappa shape index (κ3) is 4.94. The first-order valence-electron chi connectivity index (χ1n) is 5.83. The van der Waals surface area contributed by atoms with Gasteiger partial charge in [-0.3, -0.25) is 0 Å². The molecule has 1 aliphatic rings. The Balaban J connectivity index is 1.88. The average molecular weight is 200 g/mol. The molecule has 1 aliphatic heterocycles. The van der Waals surface area contributed by atoms with Crippen LogP contribution < -0.4 is 5.32 Å². The van der Waals surface area contributed by atoms with Gasteiger partial charge in [-0.1, -0.05) is 6.92 Å². The molecule has 84 valence electrons. The average Bonchev–Trinajstić information content (AvgIpc) is 2.65. The first-order valence-corrected chi connectivity index (χ1v) is 5.83. The minimum absolute atomic E-state index is 0.478. The number of nitrogens with zero attached hydrogens (tertiary/aromatic N) is 1. The van der Waals surface area contributed by atoms with Crippen LogP contribution in [-0.2, 0) is 4.74 Å². The molecule has 3 nitrogen and oxygen atoms in total. The van der Waals surface area contributed by atoms with Gasteiger partial charge in [0.2, 0.25) is 0 Å². The van der Waals surface area contributed by atoms with Gasteiger partial charge < -0.3 is 15.0 Å². The molecular weight excluding hydrogens is 176 g/mol. The predicted octanol–water partition coefficient (Wildman–Crippen LogP) is 1.10. The highest BCUT2D eigenvalue weighted by molar-refractivity contribution is 4.67. The summed E-state index contributed by atoms with van der Waals surface area (Å²) in [4.78, 5) is 2.36. The molecule has 0 saturated carbocycles. The Morgan fingerprint density at radius 2 is 2.29 bits per heavy atom. The Morgan fingerprint density at radius 3 is 2.93 bits per heavy atom. The summed E-state index contributed by atoms with van der Waals surface area (Å²) < 4.78 is 5.53. The molecule has 0 aromatic carbocycles. The molecule has 0 spiro atoms. The van der Waals surface area contributed by atoms with E-state index in [0.717, 1.165) is 26.2 Å².